The zero-order chi connectivity index (χ0) is 22.8. The zero-order valence-electron chi connectivity index (χ0n) is 16.9. The van der Waals surface area contributed by atoms with E-state index in [2.05, 4.69) is 6.07 Å². The summed E-state index contributed by atoms with van der Waals surface area (Å²) in [6, 6.07) is 14.0. The number of para-hydroxylation sites is 1. The standard InChI is InChI=1S/C23H16Cl2N4O3/c1-2-28-17-6-4-3-5-15(17)23(22(28)31)16(10-26)20(27)29(18-11-32-21(30)19(18)23)14-8-12(24)7-13(25)9-14/h3-9H,2,11,27H2,1H3. The van der Waals surface area contributed by atoms with Crippen molar-refractivity contribution in [3.8, 4) is 6.07 Å². The van der Waals surface area contributed by atoms with Crippen molar-refractivity contribution in [1.29, 1.82) is 5.26 Å². The SMILES string of the molecule is CCN1C(=O)C2(C(C#N)=C(N)N(c3cc(Cl)cc(Cl)c3)C3=C2C(=O)OC3)c2ccccc21. The Morgan fingerprint density at radius 1 is 1.19 bits per heavy atom. The summed E-state index contributed by atoms with van der Waals surface area (Å²) in [5, 5.41) is 11.0. The number of nitriles is 1. The van der Waals surface area contributed by atoms with Crippen molar-refractivity contribution in [3.05, 3.63) is 80.7 Å². The molecule has 9 heteroatoms. The Labute approximate surface area is 193 Å². The predicted octanol–water partition coefficient (Wildman–Crippen LogP) is 3.62. The molecule has 3 heterocycles. The number of ether oxygens (including phenoxy) is 1. The highest BCUT2D eigenvalue weighted by atomic mass is 35.5. The number of rotatable bonds is 2. The Bertz CT molecular complexity index is 1310. The van der Waals surface area contributed by atoms with Crippen LogP contribution in [0.2, 0.25) is 10.0 Å². The van der Waals surface area contributed by atoms with E-state index >= 15 is 0 Å². The number of carbonyl (C=O) groups excluding carboxylic acids is 2. The number of hydrogen-bond acceptors (Lipinski definition) is 6. The highest BCUT2D eigenvalue weighted by Crippen LogP contribution is 2.56. The Kier molecular flexibility index (Phi) is 4.48. The molecular formula is C23H16Cl2N4O3. The van der Waals surface area contributed by atoms with Crippen LogP contribution in [0, 0.1) is 11.3 Å². The topological polar surface area (TPSA) is 99.7 Å². The van der Waals surface area contributed by atoms with Gasteiger partial charge in [0.05, 0.1) is 22.5 Å². The number of nitrogens with two attached hydrogens (primary N) is 1. The zero-order valence-corrected chi connectivity index (χ0v) is 18.4. The number of halogens is 2. The molecule has 0 aliphatic carbocycles. The fourth-order valence-corrected chi connectivity index (χ4v) is 5.39. The lowest BCUT2D eigenvalue weighted by Crippen LogP contribution is -2.50. The maximum atomic E-state index is 13.9. The second-order valence-corrected chi connectivity index (χ2v) is 8.42. The minimum atomic E-state index is -1.67. The number of carbonyl (C=O) groups is 2. The van der Waals surface area contributed by atoms with Crippen LogP contribution in [0.25, 0.3) is 0 Å². The lowest BCUT2D eigenvalue weighted by atomic mass is 9.67. The number of nitrogens with zero attached hydrogens (tertiary/aromatic N) is 3. The van der Waals surface area contributed by atoms with Gasteiger partial charge >= 0.3 is 5.97 Å². The van der Waals surface area contributed by atoms with Crippen molar-refractivity contribution in [2.75, 3.05) is 23.0 Å². The number of cyclic esters (lactones) is 1. The molecule has 1 atom stereocenters. The summed E-state index contributed by atoms with van der Waals surface area (Å²) in [7, 11) is 0. The molecule has 32 heavy (non-hydrogen) atoms. The summed E-state index contributed by atoms with van der Waals surface area (Å²) in [6.07, 6.45) is 0. The molecule has 2 aromatic rings. The van der Waals surface area contributed by atoms with Gasteiger partial charge in [-0.15, -0.1) is 0 Å². The van der Waals surface area contributed by atoms with Gasteiger partial charge in [-0.3, -0.25) is 9.69 Å². The maximum absolute atomic E-state index is 13.9. The molecule has 1 spiro atoms. The smallest absolute Gasteiger partial charge is 0.338 e. The molecule has 0 bridgehead atoms. The fourth-order valence-electron chi connectivity index (χ4n) is 4.87. The molecule has 0 saturated carbocycles. The van der Waals surface area contributed by atoms with Crippen LogP contribution >= 0.6 is 23.2 Å². The number of esters is 1. The van der Waals surface area contributed by atoms with Gasteiger partial charge in [-0.05, 0) is 31.2 Å². The lowest BCUT2D eigenvalue weighted by Gasteiger charge is -2.38. The van der Waals surface area contributed by atoms with Gasteiger partial charge in [0.15, 0.2) is 0 Å². The van der Waals surface area contributed by atoms with Crippen molar-refractivity contribution in [2.24, 2.45) is 5.73 Å². The highest BCUT2D eigenvalue weighted by Gasteiger charge is 2.63. The molecule has 3 aliphatic heterocycles. The summed E-state index contributed by atoms with van der Waals surface area (Å²) in [5.74, 6) is -1.06. The molecule has 1 amide bonds. The van der Waals surface area contributed by atoms with Crippen LogP contribution in [0.4, 0.5) is 11.4 Å². The summed E-state index contributed by atoms with van der Waals surface area (Å²) < 4.78 is 5.39. The molecule has 3 aliphatic rings. The first kappa shape index (κ1) is 20.4. The van der Waals surface area contributed by atoms with Crippen LogP contribution < -0.4 is 15.5 Å². The van der Waals surface area contributed by atoms with E-state index in [1.54, 1.807) is 47.4 Å². The Morgan fingerprint density at radius 2 is 1.88 bits per heavy atom. The fraction of sp³-hybridized carbons (Fsp3) is 0.174. The summed E-state index contributed by atoms with van der Waals surface area (Å²) >= 11 is 12.4. The average molecular weight is 467 g/mol. The van der Waals surface area contributed by atoms with Crippen LogP contribution in [-0.2, 0) is 19.7 Å². The third-order valence-electron chi connectivity index (χ3n) is 6.05. The third kappa shape index (κ3) is 2.42. The molecule has 5 rings (SSSR count). The van der Waals surface area contributed by atoms with Crippen molar-refractivity contribution >= 4 is 46.5 Å². The second-order valence-electron chi connectivity index (χ2n) is 7.55. The van der Waals surface area contributed by atoms with Crippen molar-refractivity contribution in [3.63, 3.8) is 0 Å². The molecule has 0 saturated heterocycles. The van der Waals surface area contributed by atoms with Crippen LogP contribution in [0.1, 0.15) is 12.5 Å². The van der Waals surface area contributed by atoms with Gasteiger partial charge < -0.3 is 15.4 Å². The third-order valence-corrected chi connectivity index (χ3v) is 6.48. The van der Waals surface area contributed by atoms with Gasteiger partial charge in [-0.1, -0.05) is 41.4 Å². The lowest BCUT2D eigenvalue weighted by molar-refractivity contribution is -0.137. The summed E-state index contributed by atoms with van der Waals surface area (Å²) in [4.78, 5) is 30.1. The normalized spacial score (nSPS) is 21.8. The molecule has 1 unspecified atom stereocenters. The Hall–Kier alpha value is -3.47. The van der Waals surface area contributed by atoms with E-state index in [0.717, 1.165) is 0 Å². The first-order valence-electron chi connectivity index (χ1n) is 9.85. The first-order valence-corrected chi connectivity index (χ1v) is 10.6. The Morgan fingerprint density at radius 3 is 2.53 bits per heavy atom. The monoisotopic (exact) mass is 466 g/mol. The van der Waals surface area contributed by atoms with E-state index < -0.39 is 17.3 Å². The summed E-state index contributed by atoms with van der Waals surface area (Å²) in [6.45, 7) is 2.08. The van der Waals surface area contributed by atoms with Crippen LogP contribution in [-0.4, -0.2) is 25.0 Å². The van der Waals surface area contributed by atoms with E-state index in [4.69, 9.17) is 33.7 Å². The molecule has 2 aromatic carbocycles. The quantitative estimate of drug-likeness (QED) is 0.678. The van der Waals surface area contributed by atoms with Crippen LogP contribution in [0.5, 0.6) is 0 Å². The van der Waals surface area contributed by atoms with Gasteiger partial charge in [0.25, 0.3) is 0 Å². The van der Waals surface area contributed by atoms with Crippen molar-refractivity contribution in [2.45, 2.75) is 12.3 Å². The molecule has 160 valence electrons. The number of anilines is 2. The van der Waals surface area contributed by atoms with E-state index in [0.29, 0.717) is 39.2 Å². The molecule has 0 radical (unpaired) electrons. The molecule has 0 fully saturated rings. The van der Waals surface area contributed by atoms with Crippen molar-refractivity contribution < 1.29 is 14.3 Å². The molecule has 2 N–H and O–H groups in total. The Balaban J connectivity index is 1.88. The average Bonchev–Trinajstić information content (AvgIpc) is 3.24. The van der Waals surface area contributed by atoms with Crippen molar-refractivity contribution in [1.82, 2.24) is 0 Å². The van der Waals surface area contributed by atoms with Gasteiger partial charge in [-0.2, -0.15) is 5.26 Å². The number of hydrogen-bond donors (Lipinski definition) is 1. The van der Waals surface area contributed by atoms with E-state index in [9.17, 15) is 14.9 Å². The van der Waals surface area contributed by atoms with Gasteiger partial charge in [0.1, 0.15) is 23.9 Å². The molecular weight excluding hydrogens is 451 g/mol. The predicted molar refractivity (Wildman–Crippen MR) is 120 cm³/mol. The summed E-state index contributed by atoms with van der Waals surface area (Å²) in [5.41, 5.74) is 6.93. The van der Waals surface area contributed by atoms with E-state index in [-0.39, 0.29) is 23.6 Å². The van der Waals surface area contributed by atoms with Gasteiger partial charge in [-0.25, -0.2) is 4.79 Å². The highest BCUT2D eigenvalue weighted by molar-refractivity contribution is 6.35. The van der Waals surface area contributed by atoms with E-state index in [1.807, 2.05) is 6.92 Å². The molecule has 7 nitrogen and oxygen atoms in total. The van der Waals surface area contributed by atoms with Gasteiger partial charge in [0.2, 0.25) is 5.91 Å². The number of likely N-dealkylation sites (N-methyl/N-ethyl adjacent to an activating group) is 1. The minimum absolute atomic E-state index is 0.0176. The number of fused-ring (bicyclic) bond motifs is 3. The molecule has 0 aromatic heterocycles. The maximum Gasteiger partial charge on any atom is 0.338 e. The minimum Gasteiger partial charge on any atom is -0.456 e. The van der Waals surface area contributed by atoms with Crippen LogP contribution in [0.15, 0.2) is 65.1 Å². The number of benzene rings is 2. The first-order chi connectivity index (χ1) is 15.4. The van der Waals surface area contributed by atoms with E-state index in [1.165, 1.54) is 4.90 Å². The largest absolute Gasteiger partial charge is 0.456 e. The second kappa shape index (κ2) is 7.02. The van der Waals surface area contributed by atoms with Gasteiger partial charge in [0, 0.05) is 27.8 Å². The van der Waals surface area contributed by atoms with Crippen LogP contribution in [0.3, 0.4) is 0 Å². The number of amides is 1.